The quantitative estimate of drug-likeness (QED) is 0.627. The molecule has 2 aliphatic heterocycles. The summed E-state index contributed by atoms with van der Waals surface area (Å²) < 4.78 is 4.85. The molecule has 1 unspecified atom stereocenters. The average Bonchev–Trinajstić information content (AvgIpc) is 2.67. The van der Waals surface area contributed by atoms with Crippen molar-refractivity contribution in [3.05, 3.63) is 0 Å². The SMILES string of the molecule is CCOC(=O)CCNC(=O)C1CCCN(C(=O)CCC2CCNCC2)C1. The number of piperidine rings is 2. The van der Waals surface area contributed by atoms with Crippen molar-refractivity contribution >= 4 is 17.8 Å². The van der Waals surface area contributed by atoms with Gasteiger partial charge in [0.15, 0.2) is 0 Å². The minimum Gasteiger partial charge on any atom is -0.466 e. The summed E-state index contributed by atoms with van der Waals surface area (Å²) in [5.41, 5.74) is 0. The Morgan fingerprint density at radius 1 is 1.15 bits per heavy atom. The van der Waals surface area contributed by atoms with E-state index >= 15 is 0 Å². The Balaban J connectivity index is 1.68. The zero-order valence-electron chi connectivity index (χ0n) is 15.9. The van der Waals surface area contributed by atoms with Crippen LogP contribution in [0.5, 0.6) is 0 Å². The van der Waals surface area contributed by atoms with Crippen molar-refractivity contribution < 1.29 is 19.1 Å². The van der Waals surface area contributed by atoms with E-state index in [2.05, 4.69) is 10.6 Å². The van der Waals surface area contributed by atoms with E-state index in [4.69, 9.17) is 4.74 Å². The van der Waals surface area contributed by atoms with E-state index in [1.807, 2.05) is 4.90 Å². The largest absolute Gasteiger partial charge is 0.466 e. The molecule has 2 N–H and O–H groups in total. The second-order valence-electron chi connectivity index (χ2n) is 7.26. The minimum atomic E-state index is -0.300. The number of esters is 1. The van der Waals surface area contributed by atoms with Gasteiger partial charge in [0.05, 0.1) is 18.9 Å². The normalized spacial score (nSPS) is 21.3. The number of hydrogen-bond acceptors (Lipinski definition) is 5. The number of rotatable bonds is 8. The van der Waals surface area contributed by atoms with Crippen LogP contribution in [-0.4, -0.2) is 62.0 Å². The van der Waals surface area contributed by atoms with Gasteiger partial charge in [0.1, 0.15) is 0 Å². The fourth-order valence-corrected chi connectivity index (χ4v) is 3.74. The number of ether oxygens (including phenoxy) is 1. The first-order valence-electron chi connectivity index (χ1n) is 10.0. The molecule has 7 heteroatoms. The van der Waals surface area contributed by atoms with Crippen LogP contribution in [0, 0.1) is 11.8 Å². The van der Waals surface area contributed by atoms with Crippen LogP contribution in [-0.2, 0) is 19.1 Å². The smallest absolute Gasteiger partial charge is 0.307 e. The minimum absolute atomic E-state index is 0.0647. The van der Waals surface area contributed by atoms with Gasteiger partial charge in [0.25, 0.3) is 0 Å². The molecule has 2 saturated heterocycles. The van der Waals surface area contributed by atoms with Gasteiger partial charge in [-0.3, -0.25) is 14.4 Å². The van der Waals surface area contributed by atoms with Crippen LogP contribution in [0.1, 0.15) is 51.9 Å². The van der Waals surface area contributed by atoms with Crippen molar-refractivity contribution in [3.63, 3.8) is 0 Å². The molecular formula is C19H33N3O4. The first-order valence-corrected chi connectivity index (χ1v) is 10.0. The Morgan fingerprint density at radius 3 is 2.65 bits per heavy atom. The highest BCUT2D eigenvalue weighted by Crippen LogP contribution is 2.21. The van der Waals surface area contributed by atoms with E-state index in [1.165, 1.54) is 0 Å². The maximum atomic E-state index is 12.5. The topological polar surface area (TPSA) is 87.7 Å². The lowest BCUT2D eigenvalue weighted by molar-refractivity contribution is -0.143. The molecule has 26 heavy (non-hydrogen) atoms. The molecule has 0 radical (unpaired) electrons. The van der Waals surface area contributed by atoms with Crippen molar-refractivity contribution in [1.29, 1.82) is 0 Å². The Morgan fingerprint density at radius 2 is 1.92 bits per heavy atom. The third-order valence-corrected chi connectivity index (χ3v) is 5.30. The highest BCUT2D eigenvalue weighted by molar-refractivity contribution is 5.81. The summed E-state index contributed by atoms with van der Waals surface area (Å²) in [6.07, 6.45) is 5.68. The first-order chi connectivity index (χ1) is 12.6. The van der Waals surface area contributed by atoms with E-state index in [9.17, 15) is 14.4 Å². The summed E-state index contributed by atoms with van der Waals surface area (Å²) in [6.45, 7) is 5.75. The monoisotopic (exact) mass is 367 g/mol. The van der Waals surface area contributed by atoms with Gasteiger partial charge in [-0.2, -0.15) is 0 Å². The van der Waals surface area contributed by atoms with E-state index in [1.54, 1.807) is 6.92 Å². The number of amides is 2. The summed E-state index contributed by atoms with van der Waals surface area (Å²) in [6, 6.07) is 0. The Hall–Kier alpha value is -1.63. The number of likely N-dealkylation sites (tertiary alicyclic amines) is 1. The van der Waals surface area contributed by atoms with Crippen LogP contribution < -0.4 is 10.6 Å². The van der Waals surface area contributed by atoms with Crippen LogP contribution in [0.3, 0.4) is 0 Å². The van der Waals surface area contributed by atoms with Gasteiger partial charge in [-0.25, -0.2) is 0 Å². The van der Waals surface area contributed by atoms with Gasteiger partial charge in [0, 0.05) is 26.1 Å². The van der Waals surface area contributed by atoms with E-state index in [0.29, 0.717) is 25.5 Å². The lowest BCUT2D eigenvalue weighted by atomic mass is 9.92. The number of nitrogens with zero attached hydrogens (tertiary/aromatic N) is 1. The van der Waals surface area contributed by atoms with Crippen molar-refractivity contribution in [2.75, 3.05) is 39.3 Å². The third kappa shape index (κ3) is 6.94. The molecule has 7 nitrogen and oxygen atoms in total. The van der Waals surface area contributed by atoms with Crippen molar-refractivity contribution in [2.24, 2.45) is 11.8 Å². The predicted molar refractivity (Wildman–Crippen MR) is 98.4 cm³/mol. The summed E-state index contributed by atoms with van der Waals surface area (Å²) in [7, 11) is 0. The summed E-state index contributed by atoms with van der Waals surface area (Å²) in [5, 5.41) is 6.15. The lowest BCUT2D eigenvalue weighted by Crippen LogP contribution is -2.45. The molecule has 0 aliphatic carbocycles. The molecule has 2 fully saturated rings. The molecule has 148 valence electrons. The van der Waals surface area contributed by atoms with Gasteiger partial charge in [-0.15, -0.1) is 0 Å². The van der Waals surface area contributed by atoms with Gasteiger partial charge >= 0.3 is 5.97 Å². The number of carbonyl (C=O) groups excluding carboxylic acids is 3. The van der Waals surface area contributed by atoms with Crippen LogP contribution in [0.15, 0.2) is 0 Å². The molecule has 0 aromatic carbocycles. The van der Waals surface area contributed by atoms with Crippen LogP contribution in [0.4, 0.5) is 0 Å². The van der Waals surface area contributed by atoms with Crippen molar-refractivity contribution in [3.8, 4) is 0 Å². The highest BCUT2D eigenvalue weighted by atomic mass is 16.5. The van der Waals surface area contributed by atoms with Crippen molar-refractivity contribution in [2.45, 2.75) is 51.9 Å². The number of carbonyl (C=O) groups is 3. The molecule has 0 spiro atoms. The average molecular weight is 367 g/mol. The zero-order valence-corrected chi connectivity index (χ0v) is 15.9. The van der Waals surface area contributed by atoms with Gasteiger partial charge in [-0.1, -0.05) is 0 Å². The Labute approximate surface area is 156 Å². The summed E-state index contributed by atoms with van der Waals surface area (Å²) in [5.74, 6) is 0.282. The van der Waals surface area contributed by atoms with Gasteiger partial charge in [0.2, 0.25) is 11.8 Å². The molecule has 2 rings (SSSR count). The fourth-order valence-electron chi connectivity index (χ4n) is 3.74. The van der Waals surface area contributed by atoms with Crippen LogP contribution >= 0.6 is 0 Å². The van der Waals surface area contributed by atoms with Crippen LogP contribution in [0.2, 0.25) is 0 Å². The second kappa shape index (κ2) is 11.2. The van der Waals surface area contributed by atoms with E-state index in [-0.39, 0.29) is 36.7 Å². The van der Waals surface area contributed by atoms with Gasteiger partial charge < -0.3 is 20.3 Å². The highest BCUT2D eigenvalue weighted by Gasteiger charge is 2.28. The molecule has 2 heterocycles. The molecule has 0 aromatic heterocycles. The molecule has 0 aromatic rings. The third-order valence-electron chi connectivity index (χ3n) is 5.30. The predicted octanol–water partition coefficient (Wildman–Crippen LogP) is 1.07. The molecule has 0 saturated carbocycles. The Bertz CT molecular complexity index is 477. The van der Waals surface area contributed by atoms with E-state index < -0.39 is 0 Å². The maximum absolute atomic E-state index is 12.5. The molecule has 1 atom stereocenters. The lowest BCUT2D eigenvalue weighted by Gasteiger charge is -2.32. The zero-order chi connectivity index (χ0) is 18.8. The standard InChI is InChI=1S/C19H33N3O4/c1-2-26-18(24)9-12-21-19(25)16-4-3-13-22(14-16)17(23)6-5-15-7-10-20-11-8-15/h15-16,20H,2-14H2,1H3,(H,21,25). The molecule has 0 bridgehead atoms. The molecule has 2 aliphatic rings. The summed E-state index contributed by atoms with van der Waals surface area (Å²) in [4.78, 5) is 38.0. The maximum Gasteiger partial charge on any atom is 0.307 e. The second-order valence-corrected chi connectivity index (χ2v) is 7.26. The van der Waals surface area contributed by atoms with E-state index in [0.717, 1.165) is 51.7 Å². The van der Waals surface area contributed by atoms with Gasteiger partial charge in [-0.05, 0) is 58.0 Å². The number of hydrogen-bond donors (Lipinski definition) is 2. The Kier molecular flexibility index (Phi) is 8.88. The fraction of sp³-hybridized carbons (Fsp3) is 0.842. The number of nitrogens with one attached hydrogen (secondary N) is 2. The van der Waals surface area contributed by atoms with Crippen LogP contribution in [0.25, 0.3) is 0 Å². The molecular weight excluding hydrogens is 334 g/mol. The molecule has 2 amide bonds. The first kappa shape index (κ1) is 20.7. The summed E-state index contributed by atoms with van der Waals surface area (Å²) >= 11 is 0. The van der Waals surface area contributed by atoms with Crippen molar-refractivity contribution in [1.82, 2.24) is 15.5 Å².